The number of carbonyl (C=O) groups excluding carboxylic acids is 1. The molecule has 0 aliphatic heterocycles. The molecule has 17 heavy (non-hydrogen) atoms. The Labute approximate surface area is 103 Å². The van der Waals surface area contributed by atoms with Gasteiger partial charge in [-0.25, -0.2) is 0 Å². The minimum atomic E-state index is -0.0605. The van der Waals surface area contributed by atoms with Gasteiger partial charge in [-0.15, -0.1) is 0 Å². The van der Waals surface area contributed by atoms with Gasteiger partial charge in [0.05, 0.1) is 12.2 Å². The summed E-state index contributed by atoms with van der Waals surface area (Å²) in [5.41, 5.74) is 0.609. The smallest absolute Gasteiger partial charge is 0.255 e. The molecule has 1 rings (SSSR count). The highest BCUT2D eigenvalue weighted by Gasteiger charge is 2.10. The Hall–Kier alpha value is -1.51. The summed E-state index contributed by atoms with van der Waals surface area (Å²) in [6.45, 7) is 7.46. The van der Waals surface area contributed by atoms with Crippen molar-refractivity contribution in [2.45, 2.75) is 27.2 Å². The molecule has 0 aliphatic carbocycles. The van der Waals surface area contributed by atoms with Gasteiger partial charge in [-0.1, -0.05) is 26.0 Å². The number of amides is 1. The Balaban J connectivity index is 2.61. The fourth-order valence-electron chi connectivity index (χ4n) is 1.51. The summed E-state index contributed by atoms with van der Waals surface area (Å²) in [7, 11) is 0. The summed E-state index contributed by atoms with van der Waals surface area (Å²) in [5.74, 6) is 1.18. The van der Waals surface area contributed by atoms with E-state index in [4.69, 9.17) is 4.74 Å². The predicted molar refractivity (Wildman–Crippen MR) is 69.4 cm³/mol. The Morgan fingerprint density at radius 1 is 1.35 bits per heavy atom. The van der Waals surface area contributed by atoms with E-state index in [1.54, 1.807) is 6.07 Å². The molecule has 0 aliphatic rings. The second-order valence-corrected chi connectivity index (χ2v) is 4.37. The monoisotopic (exact) mass is 235 g/mol. The minimum absolute atomic E-state index is 0.0605. The van der Waals surface area contributed by atoms with Crippen LogP contribution < -0.4 is 10.1 Å². The van der Waals surface area contributed by atoms with E-state index in [0.717, 1.165) is 6.42 Å². The summed E-state index contributed by atoms with van der Waals surface area (Å²) < 4.78 is 5.42. The molecule has 0 unspecified atom stereocenters. The van der Waals surface area contributed by atoms with Crippen LogP contribution in [0.3, 0.4) is 0 Å². The summed E-state index contributed by atoms with van der Waals surface area (Å²) in [5, 5.41) is 2.91. The molecular weight excluding hydrogens is 214 g/mol. The molecule has 1 aromatic rings. The number of para-hydroxylation sites is 1. The van der Waals surface area contributed by atoms with Gasteiger partial charge in [-0.2, -0.15) is 0 Å². The van der Waals surface area contributed by atoms with E-state index in [1.165, 1.54) is 0 Å². The normalized spacial score (nSPS) is 10.4. The maximum Gasteiger partial charge on any atom is 0.255 e. The second-order valence-electron chi connectivity index (χ2n) is 4.37. The molecular formula is C14H21NO2. The van der Waals surface area contributed by atoms with Crippen LogP contribution in [0, 0.1) is 5.92 Å². The van der Waals surface area contributed by atoms with Crippen LogP contribution in [0.5, 0.6) is 5.75 Å². The Bertz CT molecular complexity index is 361. The fourth-order valence-corrected chi connectivity index (χ4v) is 1.51. The first-order valence-electron chi connectivity index (χ1n) is 6.15. The van der Waals surface area contributed by atoms with Crippen LogP contribution in [-0.2, 0) is 0 Å². The lowest BCUT2D eigenvalue weighted by Gasteiger charge is -2.11. The number of hydrogen-bond donors (Lipinski definition) is 1. The summed E-state index contributed by atoms with van der Waals surface area (Å²) in [6, 6.07) is 7.33. The SMILES string of the molecule is CCOc1ccccc1C(=O)NCCC(C)C. The number of benzene rings is 1. The van der Waals surface area contributed by atoms with Gasteiger partial charge in [-0.05, 0) is 31.4 Å². The molecule has 0 bridgehead atoms. The lowest BCUT2D eigenvalue weighted by molar-refractivity contribution is 0.0948. The number of nitrogens with one attached hydrogen (secondary N) is 1. The van der Waals surface area contributed by atoms with Crippen LogP contribution in [0.25, 0.3) is 0 Å². The molecule has 0 saturated heterocycles. The van der Waals surface area contributed by atoms with Gasteiger partial charge in [0.25, 0.3) is 5.91 Å². The van der Waals surface area contributed by atoms with E-state index in [9.17, 15) is 4.79 Å². The first-order chi connectivity index (χ1) is 8.15. The molecule has 0 spiro atoms. The number of rotatable bonds is 6. The van der Waals surface area contributed by atoms with Crippen molar-refractivity contribution in [2.75, 3.05) is 13.2 Å². The lowest BCUT2D eigenvalue weighted by atomic mass is 10.1. The van der Waals surface area contributed by atoms with Gasteiger partial charge in [0.15, 0.2) is 0 Å². The summed E-state index contributed by atoms with van der Waals surface area (Å²) in [4.78, 5) is 11.9. The largest absolute Gasteiger partial charge is 0.493 e. The van der Waals surface area contributed by atoms with Gasteiger partial charge in [0.2, 0.25) is 0 Å². The van der Waals surface area contributed by atoms with Gasteiger partial charge >= 0.3 is 0 Å². The van der Waals surface area contributed by atoms with Crippen LogP contribution in [0.4, 0.5) is 0 Å². The summed E-state index contributed by atoms with van der Waals surface area (Å²) >= 11 is 0. The molecule has 1 amide bonds. The molecule has 0 saturated carbocycles. The third-order valence-electron chi connectivity index (χ3n) is 2.44. The van der Waals surface area contributed by atoms with Crippen LogP contribution in [0.2, 0.25) is 0 Å². The maximum absolute atomic E-state index is 11.9. The Morgan fingerprint density at radius 2 is 2.06 bits per heavy atom. The molecule has 0 heterocycles. The fraction of sp³-hybridized carbons (Fsp3) is 0.500. The van der Waals surface area contributed by atoms with E-state index in [2.05, 4.69) is 19.2 Å². The zero-order chi connectivity index (χ0) is 12.7. The third-order valence-corrected chi connectivity index (χ3v) is 2.44. The molecule has 94 valence electrons. The number of ether oxygens (including phenoxy) is 1. The molecule has 0 radical (unpaired) electrons. The Kier molecular flexibility index (Phi) is 5.53. The van der Waals surface area contributed by atoms with Crippen molar-refractivity contribution in [3.8, 4) is 5.75 Å². The van der Waals surface area contributed by atoms with Crippen molar-refractivity contribution in [1.82, 2.24) is 5.32 Å². The highest BCUT2D eigenvalue weighted by molar-refractivity contribution is 5.96. The third kappa shape index (κ3) is 4.47. The van der Waals surface area contributed by atoms with Gasteiger partial charge in [-0.3, -0.25) is 4.79 Å². The summed E-state index contributed by atoms with van der Waals surface area (Å²) in [6.07, 6.45) is 0.989. The highest BCUT2D eigenvalue weighted by atomic mass is 16.5. The minimum Gasteiger partial charge on any atom is -0.493 e. The van der Waals surface area contributed by atoms with Crippen molar-refractivity contribution < 1.29 is 9.53 Å². The number of carbonyl (C=O) groups is 1. The average Bonchev–Trinajstić information content (AvgIpc) is 2.29. The Morgan fingerprint density at radius 3 is 2.71 bits per heavy atom. The molecule has 3 nitrogen and oxygen atoms in total. The van der Waals surface area contributed by atoms with Crippen LogP contribution >= 0.6 is 0 Å². The van der Waals surface area contributed by atoms with E-state index in [-0.39, 0.29) is 5.91 Å². The van der Waals surface area contributed by atoms with Crippen LogP contribution in [-0.4, -0.2) is 19.1 Å². The van der Waals surface area contributed by atoms with Crippen molar-refractivity contribution in [3.63, 3.8) is 0 Å². The maximum atomic E-state index is 11.9. The molecule has 0 fully saturated rings. The van der Waals surface area contributed by atoms with Gasteiger partial charge in [0, 0.05) is 6.54 Å². The van der Waals surface area contributed by atoms with Crippen molar-refractivity contribution >= 4 is 5.91 Å². The molecule has 0 atom stereocenters. The van der Waals surface area contributed by atoms with Crippen LogP contribution in [0.15, 0.2) is 24.3 Å². The van der Waals surface area contributed by atoms with E-state index >= 15 is 0 Å². The van der Waals surface area contributed by atoms with Crippen molar-refractivity contribution in [1.29, 1.82) is 0 Å². The standard InChI is InChI=1S/C14H21NO2/c1-4-17-13-8-6-5-7-12(13)14(16)15-10-9-11(2)3/h5-8,11H,4,9-10H2,1-3H3,(H,15,16). The van der Waals surface area contributed by atoms with Crippen molar-refractivity contribution in [3.05, 3.63) is 29.8 Å². The molecule has 1 N–H and O–H groups in total. The molecule has 0 aromatic heterocycles. The zero-order valence-electron chi connectivity index (χ0n) is 10.8. The van der Waals surface area contributed by atoms with E-state index in [1.807, 2.05) is 25.1 Å². The first-order valence-corrected chi connectivity index (χ1v) is 6.15. The van der Waals surface area contributed by atoms with Crippen LogP contribution in [0.1, 0.15) is 37.6 Å². The topological polar surface area (TPSA) is 38.3 Å². The van der Waals surface area contributed by atoms with E-state index in [0.29, 0.717) is 30.4 Å². The first kappa shape index (κ1) is 13.6. The second kappa shape index (κ2) is 6.94. The quantitative estimate of drug-likeness (QED) is 0.823. The zero-order valence-corrected chi connectivity index (χ0v) is 10.8. The lowest BCUT2D eigenvalue weighted by Crippen LogP contribution is -2.25. The average molecular weight is 235 g/mol. The molecule has 3 heteroatoms. The predicted octanol–water partition coefficient (Wildman–Crippen LogP) is 2.86. The van der Waals surface area contributed by atoms with E-state index < -0.39 is 0 Å². The molecule has 1 aromatic carbocycles. The van der Waals surface area contributed by atoms with Gasteiger partial charge in [0.1, 0.15) is 5.75 Å². The highest BCUT2D eigenvalue weighted by Crippen LogP contribution is 2.17. The van der Waals surface area contributed by atoms with Crippen molar-refractivity contribution in [2.24, 2.45) is 5.92 Å². The number of hydrogen-bond acceptors (Lipinski definition) is 2. The van der Waals surface area contributed by atoms with Gasteiger partial charge < -0.3 is 10.1 Å².